The van der Waals surface area contributed by atoms with Crippen molar-refractivity contribution in [2.75, 3.05) is 91.0 Å². The lowest BCUT2D eigenvalue weighted by atomic mass is 9.57. The molecule has 11 nitrogen and oxygen atoms in total. The number of rotatable bonds is 14. The molecule has 2 aromatic rings. The third-order valence-corrected chi connectivity index (χ3v) is 15.1. The van der Waals surface area contributed by atoms with Crippen molar-refractivity contribution >= 4 is 27.5 Å². The van der Waals surface area contributed by atoms with Gasteiger partial charge in [-0.15, -0.1) is 0 Å². The van der Waals surface area contributed by atoms with E-state index in [1.807, 2.05) is 30.0 Å². The van der Waals surface area contributed by atoms with Crippen molar-refractivity contribution in [1.82, 2.24) is 24.9 Å². The van der Waals surface area contributed by atoms with Crippen LogP contribution < -0.4 is 10.2 Å². The lowest BCUT2D eigenvalue weighted by molar-refractivity contribution is -0.130. The zero-order valence-corrected chi connectivity index (χ0v) is 33.0. The summed E-state index contributed by atoms with van der Waals surface area (Å²) in [5.74, 6) is -0.293. The standard InChI is InChI=1S/C41H56F2N6O5S/c1-29(22-45(2)3)38(50)48-23-35(24-48)55(53,54)34-13-11-33(12-14-34)49-26-40(43,27-49)25-47-19-15-30(16-20-47)41(28-46-17-6-18-46,31-7-4-8-32(42)21-31)36-9-5-10-37(36)44-39(51)52/h4,7-8,11-14,21,30,35-37,44H,1,5-6,9-10,15-20,22-28H2,2-3H3,(H,51,52)/t36-,37-,41?/m0/s1. The number of amides is 2. The molecule has 0 spiro atoms. The molecule has 4 heterocycles. The Kier molecular flexibility index (Phi) is 11.3. The lowest BCUT2D eigenvalue weighted by Gasteiger charge is -2.54. The van der Waals surface area contributed by atoms with E-state index >= 15 is 4.39 Å². The molecule has 2 N–H and O–H groups in total. The molecule has 55 heavy (non-hydrogen) atoms. The Bertz CT molecular complexity index is 1840. The number of nitrogens with one attached hydrogen (secondary N) is 1. The SMILES string of the molecule is C=C(CN(C)C)C(=O)N1CC(S(=O)(=O)c2ccc(N3CC(F)(CN4CCC(C(CN5CCC5)(c5cccc(F)c5)[C@H]5CCC[C@@H]5NC(=O)O)CC4)C3)cc2)C1. The van der Waals surface area contributed by atoms with E-state index in [1.165, 1.54) is 11.0 Å². The molecule has 4 saturated heterocycles. The number of sulfone groups is 1. The Hall–Kier alpha value is -3.59. The number of carbonyl (C=O) groups excluding carboxylic acids is 1. The molecule has 2 amide bonds. The van der Waals surface area contributed by atoms with E-state index in [1.54, 1.807) is 36.4 Å². The Labute approximate surface area is 324 Å². The Morgan fingerprint density at radius 3 is 2.27 bits per heavy atom. The molecule has 0 radical (unpaired) electrons. The molecule has 0 aromatic heterocycles. The fraction of sp³-hybridized carbons (Fsp3) is 0.610. The largest absolute Gasteiger partial charge is 0.465 e. The number of anilines is 1. The molecule has 0 bridgehead atoms. The van der Waals surface area contributed by atoms with Crippen LogP contribution in [0.25, 0.3) is 0 Å². The minimum Gasteiger partial charge on any atom is -0.465 e. The predicted octanol–water partition coefficient (Wildman–Crippen LogP) is 4.25. The van der Waals surface area contributed by atoms with Gasteiger partial charge in [-0.1, -0.05) is 25.1 Å². The summed E-state index contributed by atoms with van der Waals surface area (Å²) >= 11 is 0. The van der Waals surface area contributed by atoms with Crippen LogP contribution in [0.3, 0.4) is 0 Å². The average Bonchev–Trinajstić information content (AvgIpc) is 3.54. The Morgan fingerprint density at radius 1 is 0.982 bits per heavy atom. The fourth-order valence-corrected chi connectivity index (χ4v) is 11.8. The predicted molar refractivity (Wildman–Crippen MR) is 208 cm³/mol. The number of halogens is 2. The lowest BCUT2D eigenvalue weighted by Crippen LogP contribution is -2.65. The maximum atomic E-state index is 16.2. The van der Waals surface area contributed by atoms with E-state index in [2.05, 4.69) is 21.7 Å². The van der Waals surface area contributed by atoms with Crippen LogP contribution in [0.2, 0.25) is 0 Å². The van der Waals surface area contributed by atoms with Gasteiger partial charge in [0, 0.05) is 55.4 Å². The minimum absolute atomic E-state index is 0.0304. The highest BCUT2D eigenvalue weighted by atomic mass is 32.2. The van der Waals surface area contributed by atoms with Gasteiger partial charge in [0.15, 0.2) is 15.5 Å². The van der Waals surface area contributed by atoms with Crippen molar-refractivity contribution in [2.24, 2.45) is 11.8 Å². The molecule has 1 saturated carbocycles. The number of carbonyl (C=O) groups is 2. The maximum Gasteiger partial charge on any atom is 0.404 e. The van der Waals surface area contributed by atoms with Crippen molar-refractivity contribution in [3.63, 3.8) is 0 Å². The van der Waals surface area contributed by atoms with E-state index in [-0.39, 0.29) is 60.7 Å². The second kappa shape index (κ2) is 15.7. The van der Waals surface area contributed by atoms with Crippen LogP contribution in [-0.4, -0.2) is 148 Å². The van der Waals surface area contributed by atoms with Crippen molar-refractivity contribution in [3.8, 4) is 0 Å². The first kappa shape index (κ1) is 39.6. The van der Waals surface area contributed by atoms with Gasteiger partial charge in [-0.2, -0.15) is 0 Å². The van der Waals surface area contributed by atoms with Crippen LogP contribution in [0.4, 0.5) is 19.3 Å². The van der Waals surface area contributed by atoms with Gasteiger partial charge in [0.1, 0.15) is 11.1 Å². The number of piperidine rings is 1. The Balaban J connectivity index is 0.965. The summed E-state index contributed by atoms with van der Waals surface area (Å²) < 4.78 is 57.8. The fourth-order valence-electron chi connectivity index (χ4n) is 10.1. The van der Waals surface area contributed by atoms with Gasteiger partial charge in [0.25, 0.3) is 5.91 Å². The molecule has 4 aliphatic heterocycles. The topological polar surface area (TPSA) is 117 Å². The van der Waals surface area contributed by atoms with E-state index in [4.69, 9.17) is 0 Å². The zero-order valence-electron chi connectivity index (χ0n) is 32.1. The third kappa shape index (κ3) is 8.15. The summed E-state index contributed by atoms with van der Waals surface area (Å²) in [6.45, 7) is 9.38. The van der Waals surface area contributed by atoms with E-state index in [0.29, 0.717) is 31.8 Å². The summed E-state index contributed by atoms with van der Waals surface area (Å²) in [6.07, 6.45) is 4.28. The van der Waals surface area contributed by atoms with E-state index in [0.717, 1.165) is 69.4 Å². The first-order valence-electron chi connectivity index (χ1n) is 19.8. The van der Waals surface area contributed by atoms with Gasteiger partial charge >= 0.3 is 6.09 Å². The maximum absolute atomic E-state index is 16.2. The number of hydrogen-bond donors (Lipinski definition) is 2. The van der Waals surface area contributed by atoms with E-state index < -0.39 is 32.3 Å². The summed E-state index contributed by atoms with van der Waals surface area (Å²) in [4.78, 5) is 34.6. The van der Waals surface area contributed by atoms with Gasteiger partial charge in [-0.3, -0.25) is 9.69 Å². The molecule has 300 valence electrons. The smallest absolute Gasteiger partial charge is 0.404 e. The number of benzene rings is 2. The van der Waals surface area contributed by atoms with Crippen LogP contribution in [0.1, 0.15) is 44.1 Å². The van der Waals surface area contributed by atoms with Gasteiger partial charge in [-0.25, -0.2) is 22.0 Å². The van der Waals surface area contributed by atoms with E-state index in [9.17, 15) is 27.5 Å². The number of nitrogens with zero attached hydrogens (tertiary/aromatic N) is 5. The molecule has 3 atom stereocenters. The summed E-state index contributed by atoms with van der Waals surface area (Å²) in [6, 6.07) is 13.4. The quantitative estimate of drug-likeness (QED) is 0.272. The average molecular weight is 783 g/mol. The van der Waals surface area contributed by atoms with Crippen LogP contribution in [0.5, 0.6) is 0 Å². The second-order valence-corrected chi connectivity index (χ2v) is 19.3. The molecule has 1 unspecified atom stereocenters. The molecule has 5 aliphatic rings. The normalized spacial score (nSPS) is 24.8. The molecule has 1 aliphatic carbocycles. The number of likely N-dealkylation sites (tertiary alicyclic amines) is 3. The zero-order chi connectivity index (χ0) is 39.1. The number of alkyl halides is 1. The van der Waals surface area contributed by atoms with Crippen molar-refractivity contribution in [2.45, 2.75) is 65.8 Å². The van der Waals surface area contributed by atoms with Crippen molar-refractivity contribution in [3.05, 3.63) is 72.1 Å². The molecule has 2 aromatic carbocycles. The van der Waals surface area contributed by atoms with Gasteiger partial charge in [0.2, 0.25) is 0 Å². The molecular formula is C41H56F2N6O5S. The highest BCUT2D eigenvalue weighted by molar-refractivity contribution is 7.92. The second-order valence-electron chi connectivity index (χ2n) is 17.0. The number of likely N-dealkylation sites (N-methyl/N-ethyl adjacent to an activating group) is 1. The summed E-state index contributed by atoms with van der Waals surface area (Å²) in [5, 5.41) is 11.9. The summed E-state index contributed by atoms with van der Waals surface area (Å²) in [7, 11) is 0.0605. The minimum atomic E-state index is -3.63. The van der Waals surface area contributed by atoms with Crippen LogP contribution in [0.15, 0.2) is 65.6 Å². The highest BCUT2D eigenvalue weighted by Gasteiger charge is 2.54. The Morgan fingerprint density at radius 2 is 1.67 bits per heavy atom. The van der Waals surface area contributed by atoms with Gasteiger partial charge in [-0.05, 0) is 126 Å². The van der Waals surface area contributed by atoms with Crippen LogP contribution in [-0.2, 0) is 20.0 Å². The molecule has 14 heteroatoms. The van der Waals surface area contributed by atoms with Gasteiger partial charge < -0.3 is 30.0 Å². The molecular weight excluding hydrogens is 727 g/mol. The molecule has 5 fully saturated rings. The summed E-state index contributed by atoms with van der Waals surface area (Å²) in [5.41, 5.74) is 0.301. The molecule has 7 rings (SSSR count). The first-order valence-corrected chi connectivity index (χ1v) is 21.3. The van der Waals surface area contributed by atoms with Crippen molar-refractivity contribution < 1.29 is 31.9 Å². The first-order chi connectivity index (χ1) is 26.2. The van der Waals surface area contributed by atoms with Crippen molar-refractivity contribution in [1.29, 1.82) is 0 Å². The van der Waals surface area contributed by atoms with Gasteiger partial charge in [0.05, 0.1) is 18.0 Å². The number of carboxylic acid groups (broad SMARTS) is 1. The van der Waals surface area contributed by atoms with Crippen LogP contribution in [0, 0.1) is 17.7 Å². The third-order valence-electron chi connectivity index (χ3n) is 13.0. The highest BCUT2D eigenvalue weighted by Crippen LogP contribution is 2.51. The number of hydrogen-bond acceptors (Lipinski definition) is 8. The van der Waals surface area contributed by atoms with Crippen LogP contribution >= 0.6 is 0 Å². The monoisotopic (exact) mass is 782 g/mol.